The first-order valence-corrected chi connectivity index (χ1v) is 11.2. The molecule has 0 saturated heterocycles. The van der Waals surface area contributed by atoms with Crippen molar-refractivity contribution in [2.24, 2.45) is 5.92 Å². The normalized spacial score (nSPS) is 15.5. The van der Waals surface area contributed by atoms with Crippen LogP contribution in [0, 0.1) is 5.92 Å². The lowest BCUT2D eigenvalue weighted by Gasteiger charge is -2.19. The van der Waals surface area contributed by atoms with E-state index in [-0.39, 0.29) is 17.9 Å². The van der Waals surface area contributed by atoms with Gasteiger partial charge in [0, 0.05) is 5.57 Å². The lowest BCUT2D eigenvalue weighted by atomic mass is 9.90. The predicted octanol–water partition coefficient (Wildman–Crippen LogP) is 6.13. The average Bonchev–Trinajstić information content (AvgIpc) is 3.18. The van der Waals surface area contributed by atoms with Crippen molar-refractivity contribution in [3.63, 3.8) is 0 Å². The van der Waals surface area contributed by atoms with Gasteiger partial charge >= 0.3 is 11.9 Å². The smallest absolute Gasteiger partial charge is 0.334 e. The van der Waals surface area contributed by atoms with Crippen LogP contribution in [0.3, 0.4) is 0 Å². The standard InChI is InChI=1S/C23H40O4/c1-4-7-10-11-16-20(22(24)26-17-8-5-2)21(19-14-12-13-15-19)23(25)27-18-9-6-3/h19H,4-18H2,1-3H3/b21-20-. The number of ether oxygens (including phenoxy) is 2. The molecular weight excluding hydrogens is 340 g/mol. The van der Waals surface area contributed by atoms with Gasteiger partial charge < -0.3 is 9.47 Å². The molecule has 156 valence electrons. The molecule has 4 nitrogen and oxygen atoms in total. The molecule has 0 atom stereocenters. The predicted molar refractivity (Wildman–Crippen MR) is 109 cm³/mol. The summed E-state index contributed by atoms with van der Waals surface area (Å²) in [6.45, 7) is 7.18. The molecule has 0 spiro atoms. The molecule has 1 fully saturated rings. The number of hydrogen-bond donors (Lipinski definition) is 0. The fraction of sp³-hybridized carbons (Fsp3) is 0.826. The molecule has 0 bridgehead atoms. The molecule has 1 aliphatic rings. The van der Waals surface area contributed by atoms with Crippen LogP contribution in [0.2, 0.25) is 0 Å². The number of carbonyl (C=O) groups is 2. The topological polar surface area (TPSA) is 52.6 Å². The minimum atomic E-state index is -0.297. The summed E-state index contributed by atoms with van der Waals surface area (Å²) < 4.78 is 11.1. The van der Waals surface area contributed by atoms with Crippen molar-refractivity contribution in [2.75, 3.05) is 13.2 Å². The third-order valence-corrected chi connectivity index (χ3v) is 5.30. The van der Waals surface area contributed by atoms with Gasteiger partial charge in [0.15, 0.2) is 0 Å². The van der Waals surface area contributed by atoms with Crippen LogP contribution >= 0.6 is 0 Å². The third-order valence-electron chi connectivity index (χ3n) is 5.30. The molecule has 1 aliphatic carbocycles. The van der Waals surface area contributed by atoms with Crippen LogP contribution in [0.1, 0.15) is 104 Å². The Morgan fingerprint density at radius 1 is 0.741 bits per heavy atom. The molecule has 4 heteroatoms. The van der Waals surface area contributed by atoms with E-state index in [1.54, 1.807) is 0 Å². The average molecular weight is 381 g/mol. The lowest BCUT2D eigenvalue weighted by molar-refractivity contribution is -0.143. The van der Waals surface area contributed by atoms with Crippen LogP contribution in [0.5, 0.6) is 0 Å². The van der Waals surface area contributed by atoms with Crippen LogP contribution < -0.4 is 0 Å². The zero-order chi connectivity index (χ0) is 19.9. The summed E-state index contributed by atoms with van der Waals surface area (Å²) in [4.78, 5) is 25.7. The highest BCUT2D eigenvalue weighted by atomic mass is 16.5. The summed E-state index contributed by atoms with van der Waals surface area (Å²) in [5.74, 6) is -0.429. The zero-order valence-corrected chi connectivity index (χ0v) is 17.8. The van der Waals surface area contributed by atoms with Crippen LogP contribution in [0.15, 0.2) is 11.1 Å². The van der Waals surface area contributed by atoms with Crippen molar-refractivity contribution in [3.8, 4) is 0 Å². The van der Waals surface area contributed by atoms with E-state index in [9.17, 15) is 9.59 Å². The van der Waals surface area contributed by atoms with Gasteiger partial charge in [0.1, 0.15) is 0 Å². The molecule has 0 heterocycles. The zero-order valence-electron chi connectivity index (χ0n) is 17.8. The second-order valence-corrected chi connectivity index (χ2v) is 7.66. The van der Waals surface area contributed by atoms with E-state index >= 15 is 0 Å². The second-order valence-electron chi connectivity index (χ2n) is 7.66. The fourth-order valence-electron chi connectivity index (χ4n) is 3.61. The molecule has 0 amide bonds. The molecule has 0 aliphatic heterocycles. The van der Waals surface area contributed by atoms with Gasteiger partial charge in [-0.25, -0.2) is 9.59 Å². The van der Waals surface area contributed by atoms with E-state index < -0.39 is 0 Å². The van der Waals surface area contributed by atoms with E-state index in [4.69, 9.17) is 9.47 Å². The molecule has 27 heavy (non-hydrogen) atoms. The van der Waals surface area contributed by atoms with Gasteiger partial charge in [-0.1, -0.05) is 65.7 Å². The monoisotopic (exact) mass is 380 g/mol. The van der Waals surface area contributed by atoms with Gasteiger partial charge in [-0.15, -0.1) is 0 Å². The Labute approximate surface area is 166 Å². The molecule has 1 saturated carbocycles. The maximum atomic E-state index is 12.9. The van der Waals surface area contributed by atoms with Crippen molar-refractivity contribution >= 4 is 11.9 Å². The lowest BCUT2D eigenvalue weighted by Crippen LogP contribution is -2.22. The molecule has 0 aromatic carbocycles. The third kappa shape index (κ3) is 8.94. The van der Waals surface area contributed by atoms with E-state index in [2.05, 4.69) is 20.8 Å². The number of rotatable bonds is 14. The number of esters is 2. The van der Waals surface area contributed by atoms with Gasteiger partial charge in [-0.2, -0.15) is 0 Å². The van der Waals surface area contributed by atoms with Crippen LogP contribution in [-0.2, 0) is 19.1 Å². The Kier molecular flexibility index (Phi) is 12.9. The maximum Gasteiger partial charge on any atom is 0.334 e. The van der Waals surface area contributed by atoms with E-state index in [1.165, 1.54) is 0 Å². The van der Waals surface area contributed by atoms with Crippen molar-refractivity contribution in [3.05, 3.63) is 11.1 Å². The van der Waals surface area contributed by atoms with E-state index in [0.29, 0.717) is 30.8 Å². The highest BCUT2D eigenvalue weighted by Gasteiger charge is 2.31. The Balaban J connectivity index is 3.01. The first-order valence-electron chi connectivity index (χ1n) is 11.2. The summed E-state index contributed by atoms with van der Waals surface area (Å²) in [7, 11) is 0. The second kappa shape index (κ2) is 14.7. The molecule has 0 unspecified atom stereocenters. The van der Waals surface area contributed by atoms with Gasteiger partial charge in [0.05, 0.1) is 18.8 Å². The van der Waals surface area contributed by atoms with Crippen LogP contribution in [-0.4, -0.2) is 25.2 Å². The highest BCUT2D eigenvalue weighted by molar-refractivity contribution is 6.00. The quantitative estimate of drug-likeness (QED) is 0.207. The largest absolute Gasteiger partial charge is 0.462 e. The van der Waals surface area contributed by atoms with Gasteiger partial charge in [0.25, 0.3) is 0 Å². The molecule has 0 radical (unpaired) electrons. The minimum absolute atomic E-state index is 0.152. The Morgan fingerprint density at radius 2 is 1.30 bits per heavy atom. The van der Waals surface area contributed by atoms with Gasteiger partial charge in [-0.3, -0.25) is 0 Å². The Morgan fingerprint density at radius 3 is 1.85 bits per heavy atom. The number of unbranched alkanes of at least 4 members (excludes halogenated alkanes) is 5. The van der Waals surface area contributed by atoms with Crippen molar-refractivity contribution in [1.29, 1.82) is 0 Å². The van der Waals surface area contributed by atoms with Crippen molar-refractivity contribution in [2.45, 2.75) is 104 Å². The summed E-state index contributed by atoms with van der Waals surface area (Å²) in [6, 6.07) is 0. The first kappa shape index (κ1) is 23.7. The van der Waals surface area contributed by atoms with Crippen LogP contribution in [0.25, 0.3) is 0 Å². The maximum absolute atomic E-state index is 12.9. The summed E-state index contributed by atoms with van der Waals surface area (Å²) in [6.07, 6.45) is 12.8. The van der Waals surface area contributed by atoms with Crippen molar-refractivity contribution < 1.29 is 19.1 Å². The molecular formula is C23H40O4. The highest BCUT2D eigenvalue weighted by Crippen LogP contribution is 2.35. The van der Waals surface area contributed by atoms with Crippen LogP contribution in [0.4, 0.5) is 0 Å². The Hall–Kier alpha value is -1.32. The summed E-state index contributed by atoms with van der Waals surface area (Å²) in [5, 5.41) is 0. The SMILES string of the molecule is CCCCCC/C(C(=O)OCCCC)=C(/C(=O)OCCCC)C1CCCC1. The number of carbonyl (C=O) groups excluding carboxylic acids is 2. The molecule has 0 aromatic heterocycles. The minimum Gasteiger partial charge on any atom is -0.462 e. The fourth-order valence-corrected chi connectivity index (χ4v) is 3.61. The molecule has 1 rings (SSSR count). The molecule has 0 N–H and O–H groups in total. The van der Waals surface area contributed by atoms with Gasteiger partial charge in [0.2, 0.25) is 0 Å². The van der Waals surface area contributed by atoms with E-state index in [0.717, 1.165) is 77.0 Å². The first-order chi connectivity index (χ1) is 13.2. The molecule has 0 aromatic rings. The van der Waals surface area contributed by atoms with E-state index in [1.807, 2.05) is 0 Å². The van der Waals surface area contributed by atoms with Gasteiger partial charge in [-0.05, 0) is 44.4 Å². The van der Waals surface area contributed by atoms with Crippen molar-refractivity contribution in [1.82, 2.24) is 0 Å². The Bertz CT molecular complexity index is 461. The summed E-state index contributed by atoms with van der Waals surface area (Å²) in [5.41, 5.74) is 1.22. The summed E-state index contributed by atoms with van der Waals surface area (Å²) >= 11 is 0. The number of hydrogen-bond acceptors (Lipinski definition) is 4.